The first-order valence-electron chi connectivity index (χ1n) is 8.40. The van der Waals surface area contributed by atoms with Gasteiger partial charge in [-0.05, 0) is 29.8 Å². The summed E-state index contributed by atoms with van der Waals surface area (Å²) in [6.45, 7) is 0. The summed E-state index contributed by atoms with van der Waals surface area (Å²) in [5.74, 6) is -4.39. The summed E-state index contributed by atoms with van der Waals surface area (Å²) in [5, 5.41) is 0. The molecule has 2 N–H and O–H groups in total. The number of carbonyl (C=O) groups is 1. The number of carbonyl (C=O) groups excluding carboxylic acids is 1. The van der Waals surface area contributed by atoms with Gasteiger partial charge >= 0.3 is 16.3 Å². The summed E-state index contributed by atoms with van der Waals surface area (Å²) < 4.78 is 93.3. The summed E-state index contributed by atoms with van der Waals surface area (Å²) in [4.78, 5) is 12.6. The summed E-state index contributed by atoms with van der Waals surface area (Å²) >= 11 is 0. The zero-order chi connectivity index (χ0) is 22.3. The average Bonchev–Trinajstić information content (AvgIpc) is 2.87. The molecule has 1 heterocycles. The molecule has 1 aliphatic rings. The molecule has 11 heteroatoms. The maximum absolute atomic E-state index is 12.9. The third-order valence-corrected chi connectivity index (χ3v) is 4.90. The van der Waals surface area contributed by atoms with Crippen LogP contribution in [0.4, 0.5) is 17.6 Å². The molecule has 0 amide bonds. The Morgan fingerprint density at radius 3 is 2.24 bits per heavy atom. The molecule has 2 aromatic carbocycles. The standard InChI is InChI=1S/C18H13F4NO5S/c19-13-7-1-10(2-8-13)9-29(25,26)28-16-14(24)15(27-17(16)23)11-3-5-12(6-4-11)18(20,21)22/h1-8,15H,9,23H2/t15-/m1/s1/i15D. The van der Waals surface area contributed by atoms with Crippen LogP contribution in [0.5, 0.6) is 0 Å². The van der Waals surface area contributed by atoms with Gasteiger partial charge in [-0.3, -0.25) is 4.79 Å². The monoisotopic (exact) mass is 432 g/mol. The number of hydrogen-bond acceptors (Lipinski definition) is 6. The fourth-order valence-electron chi connectivity index (χ4n) is 2.44. The van der Waals surface area contributed by atoms with Crippen molar-refractivity contribution in [2.75, 3.05) is 0 Å². The molecule has 0 radical (unpaired) electrons. The van der Waals surface area contributed by atoms with E-state index in [2.05, 4.69) is 0 Å². The number of alkyl halides is 3. The lowest BCUT2D eigenvalue weighted by Gasteiger charge is -2.12. The van der Waals surface area contributed by atoms with Crippen molar-refractivity contribution in [2.24, 2.45) is 5.73 Å². The first-order chi connectivity index (χ1) is 13.8. The van der Waals surface area contributed by atoms with E-state index in [-0.39, 0.29) is 11.1 Å². The molecule has 6 nitrogen and oxygen atoms in total. The minimum Gasteiger partial charge on any atom is -0.460 e. The van der Waals surface area contributed by atoms with Crippen LogP contribution in [0.3, 0.4) is 0 Å². The Bertz CT molecular complexity index is 1110. The van der Waals surface area contributed by atoms with E-state index >= 15 is 0 Å². The number of Topliss-reactive ketones (excluding diaryl/α,β-unsaturated/α-hetero) is 1. The van der Waals surface area contributed by atoms with Gasteiger partial charge in [0.15, 0.2) is 6.08 Å². The molecular weight excluding hydrogens is 418 g/mol. The van der Waals surface area contributed by atoms with Gasteiger partial charge < -0.3 is 14.7 Å². The highest BCUT2D eigenvalue weighted by atomic mass is 32.2. The first-order valence-corrected chi connectivity index (χ1v) is 9.47. The zero-order valence-corrected chi connectivity index (χ0v) is 15.2. The van der Waals surface area contributed by atoms with E-state index in [1.807, 2.05) is 0 Å². The second-order valence-electron chi connectivity index (χ2n) is 5.94. The van der Waals surface area contributed by atoms with Crippen LogP contribution in [0.2, 0.25) is 0 Å². The normalized spacial score (nSPS) is 20.4. The van der Waals surface area contributed by atoms with Crippen LogP contribution >= 0.6 is 0 Å². The molecule has 0 bridgehead atoms. The van der Waals surface area contributed by atoms with Crippen molar-refractivity contribution in [3.8, 4) is 0 Å². The summed E-state index contributed by atoms with van der Waals surface area (Å²) in [6.07, 6.45) is -7.25. The van der Waals surface area contributed by atoms with Crippen LogP contribution in [0, 0.1) is 5.82 Å². The third kappa shape index (κ3) is 4.67. The minimum atomic E-state index is -4.63. The van der Waals surface area contributed by atoms with Gasteiger partial charge in [0.25, 0.3) is 0 Å². The number of ketones is 1. The van der Waals surface area contributed by atoms with Crippen molar-refractivity contribution in [1.82, 2.24) is 0 Å². The molecule has 0 spiro atoms. The van der Waals surface area contributed by atoms with E-state index in [1.54, 1.807) is 0 Å². The van der Waals surface area contributed by atoms with Crippen molar-refractivity contribution in [3.05, 3.63) is 82.7 Å². The Morgan fingerprint density at radius 2 is 1.69 bits per heavy atom. The summed E-state index contributed by atoms with van der Waals surface area (Å²) in [6, 6.07) is 7.42. The maximum Gasteiger partial charge on any atom is 0.416 e. The van der Waals surface area contributed by atoms with E-state index in [4.69, 9.17) is 16.0 Å². The van der Waals surface area contributed by atoms with Crippen LogP contribution in [0.25, 0.3) is 0 Å². The molecule has 0 fully saturated rings. The van der Waals surface area contributed by atoms with Gasteiger partial charge in [-0.2, -0.15) is 21.6 Å². The van der Waals surface area contributed by atoms with Gasteiger partial charge in [0, 0.05) is 5.56 Å². The van der Waals surface area contributed by atoms with E-state index in [1.165, 1.54) is 12.1 Å². The van der Waals surface area contributed by atoms with Gasteiger partial charge in [0.05, 0.1) is 6.93 Å². The Balaban J connectivity index is 1.81. The number of rotatable bonds is 5. The summed E-state index contributed by atoms with van der Waals surface area (Å²) in [5.41, 5.74) is 4.33. The van der Waals surface area contributed by atoms with Crippen LogP contribution in [0.15, 0.2) is 60.2 Å². The Morgan fingerprint density at radius 1 is 1.10 bits per heavy atom. The molecular formula is C18H13F4NO5S. The third-order valence-electron chi connectivity index (χ3n) is 3.79. The Labute approximate surface area is 164 Å². The highest BCUT2D eigenvalue weighted by molar-refractivity contribution is 7.86. The largest absolute Gasteiger partial charge is 0.460 e. The van der Waals surface area contributed by atoms with Crippen LogP contribution in [-0.2, 0) is 35.8 Å². The maximum atomic E-state index is 12.9. The highest BCUT2D eigenvalue weighted by Gasteiger charge is 2.40. The molecule has 1 atom stereocenters. The second-order valence-corrected chi connectivity index (χ2v) is 7.51. The van der Waals surface area contributed by atoms with E-state index in [0.29, 0.717) is 12.1 Å². The molecule has 0 unspecified atom stereocenters. The highest BCUT2D eigenvalue weighted by Crippen LogP contribution is 2.35. The lowest BCUT2D eigenvalue weighted by molar-refractivity contribution is -0.137. The van der Waals surface area contributed by atoms with E-state index < -0.39 is 56.9 Å². The minimum absolute atomic E-state index is 0.154. The fraction of sp³-hybridized carbons (Fsp3) is 0.167. The SMILES string of the molecule is [2H][C@]1(c2ccc(C(F)(F)F)cc2)OC(N)=C(OS(=O)(=O)Cc2ccc(F)cc2)C1=O. The number of nitrogens with two attached hydrogens (primary N) is 1. The van der Waals surface area contributed by atoms with Crippen molar-refractivity contribution < 1.29 is 41.1 Å². The van der Waals surface area contributed by atoms with Crippen molar-refractivity contribution >= 4 is 15.9 Å². The molecule has 29 heavy (non-hydrogen) atoms. The molecule has 0 saturated carbocycles. The number of benzene rings is 2. The Hall–Kier alpha value is -3.08. The van der Waals surface area contributed by atoms with Gasteiger partial charge in [-0.15, -0.1) is 0 Å². The van der Waals surface area contributed by atoms with Gasteiger partial charge in [-0.25, -0.2) is 4.39 Å². The van der Waals surface area contributed by atoms with Crippen molar-refractivity contribution in [2.45, 2.75) is 18.0 Å². The quantitative estimate of drug-likeness (QED) is 0.576. The Kier molecular flexibility index (Phi) is 4.91. The van der Waals surface area contributed by atoms with E-state index in [9.17, 15) is 30.8 Å². The van der Waals surface area contributed by atoms with Crippen LogP contribution in [0.1, 0.15) is 24.1 Å². The lowest BCUT2D eigenvalue weighted by Crippen LogP contribution is -2.16. The average molecular weight is 432 g/mol. The zero-order valence-electron chi connectivity index (χ0n) is 15.4. The molecule has 0 aliphatic carbocycles. The molecule has 3 rings (SSSR count). The smallest absolute Gasteiger partial charge is 0.416 e. The topological polar surface area (TPSA) is 95.7 Å². The number of hydrogen-bond donors (Lipinski definition) is 1. The van der Waals surface area contributed by atoms with Crippen LogP contribution < -0.4 is 5.73 Å². The van der Waals surface area contributed by atoms with Gasteiger partial charge in [0.1, 0.15) is 11.6 Å². The first kappa shape index (κ1) is 19.2. The van der Waals surface area contributed by atoms with Gasteiger partial charge in [0.2, 0.25) is 17.4 Å². The van der Waals surface area contributed by atoms with E-state index in [0.717, 1.165) is 24.3 Å². The predicted molar refractivity (Wildman–Crippen MR) is 91.6 cm³/mol. The second kappa shape index (κ2) is 7.39. The number of ether oxygens (including phenoxy) is 1. The van der Waals surface area contributed by atoms with Crippen molar-refractivity contribution in [3.63, 3.8) is 0 Å². The number of halogens is 4. The fourth-order valence-corrected chi connectivity index (χ4v) is 3.51. The van der Waals surface area contributed by atoms with Crippen molar-refractivity contribution in [1.29, 1.82) is 0 Å². The molecule has 1 aliphatic heterocycles. The van der Waals surface area contributed by atoms with Crippen LogP contribution in [-0.4, -0.2) is 14.2 Å². The lowest BCUT2D eigenvalue weighted by atomic mass is 10.0. The predicted octanol–water partition coefficient (Wildman–Crippen LogP) is 3.16. The van der Waals surface area contributed by atoms with Gasteiger partial charge in [-0.1, -0.05) is 24.3 Å². The molecule has 0 aromatic heterocycles. The molecule has 0 saturated heterocycles. The molecule has 2 aromatic rings. The summed E-state index contributed by atoms with van der Waals surface area (Å²) in [7, 11) is -4.45. The molecule has 154 valence electrons.